The summed E-state index contributed by atoms with van der Waals surface area (Å²) in [5.41, 5.74) is 5.47. The van der Waals surface area contributed by atoms with Crippen molar-refractivity contribution < 1.29 is 0 Å². The largest absolute Gasteiger partial charge is 0.0716 e. The molecule has 0 unspecified atom stereocenters. The number of hydrogen-bond donors (Lipinski definition) is 0. The van der Waals surface area contributed by atoms with Crippen LogP contribution >= 0.6 is 15.9 Å². The molecular formula is C19H13Br. The fraction of sp³-hybridized carbons (Fsp3) is 0.0526. The lowest BCUT2D eigenvalue weighted by Crippen LogP contribution is -1.88. The van der Waals surface area contributed by atoms with Gasteiger partial charge in [-0.3, -0.25) is 0 Å². The summed E-state index contributed by atoms with van der Waals surface area (Å²) in [7, 11) is 0. The van der Waals surface area contributed by atoms with Crippen LogP contribution in [0.1, 0.15) is 16.7 Å². The maximum Gasteiger partial charge on any atom is 0.0178 e. The molecule has 1 aliphatic rings. The number of hydrogen-bond acceptors (Lipinski definition) is 0. The first-order valence-corrected chi connectivity index (χ1v) is 7.59. The maximum absolute atomic E-state index is 3.56. The van der Waals surface area contributed by atoms with Crippen molar-refractivity contribution in [2.75, 3.05) is 0 Å². The molecule has 3 aromatic carbocycles. The van der Waals surface area contributed by atoms with Crippen LogP contribution in [-0.2, 0) is 6.42 Å². The van der Waals surface area contributed by atoms with E-state index >= 15 is 0 Å². The molecule has 3 aromatic rings. The highest BCUT2D eigenvalue weighted by Gasteiger charge is 2.17. The number of fused-ring (bicyclic) bond motifs is 2. The highest BCUT2D eigenvalue weighted by atomic mass is 79.9. The average molecular weight is 321 g/mol. The summed E-state index contributed by atoms with van der Waals surface area (Å²) < 4.78 is 1.16. The third-order valence-corrected chi connectivity index (χ3v) is 4.46. The predicted molar refractivity (Wildman–Crippen MR) is 88.9 cm³/mol. The van der Waals surface area contributed by atoms with Gasteiger partial charge >= 0.3 is 0 Å². The minimum atomic E-state index is 1.02. The molecule has 1 heteroatoms. The quantitative estimate of drug-likeness (QED) is 0.548. The molecule has 0 saturated carbocycles. The van der Waals surface area contributed by atoms with E-state index in [-0.39, 0.29) is 0 Å². The van der Waals surface area contributed by atoms with Gasteiger partial charge in [-0.2, -0.15) is 0 Å². The van der Waals surface area contributed by atoms with Crippen LogP contribution in [0.5, 0.6) is 0 Å². The zero-order valence-corrected chi connectivity index (χ0v) is 12.5. The first-order chi connectivity index (χ1) is 9.83. The molecule has 0 N–H and O–H groups in total. The normalized spacial score (nSPS) is 13.3. The molecule has 0 radical (unpaired) electrons. The summed E-state index contributed by atoms with van der Waals surface area (Å²) >= 11 is 3.56. The topological polar surface area (TPSA) is 0 Å². The molecule has 0 amide bonds. The van der Waals surface area contributed by atoms with Crippen LogP contribution in [-0.4, -0.2) is 0 Å². The van der Waals surface area contributed by atoms with Gasteiger partial charge in [0.2, 0.25) is 0 Å². The zero-order valence-electron chi connectivity index (χ0n) is 10.9. The molecule has 0 bridgehead atoms. The minimum absolute atomic E-state index is 1.02. The molecule has 0 heterocycles. The van der Waals surface area contributed by atoms with E-state index in [4.69, 9.17) is 0 Å². The van der Waals surface area contributed by atoms with E-state index in [1.54, 1.807) is 0 Å². The Hall–Kier alpha value is -1.86. The van der Waals surface area contributed by atoms with Crippen molar-refractivity contribution in [3.63, 3.8) is 0 Å². The molecule has 0 fully saturated rings. The van der Waals surface area contributed by atoms with Gasteiger partial charge in [0.05, 0.1) is 0 Å². The fourth-order valence-corrected chi connectivity index (χ4v) is 3.44. The number of rotatable bonds is 1. The van der Waals surface area contributed by atoms with Crippen molar-refractivity contribution in [3.05, 3.63) is 87.9 Å². The second-order valence-corrected chi connectivity index (χ2v) is 6.07. The number of halogens is 1. The standard InChI is InChI=1S/C19H13Br/c20-15-9-11-17-14(12-15)8-10-19(17)18-7-3-5-13-4-1-2-6-16(13)18/h1-7,9-12H,8H2. The summed E-state index contributed by atoms with van der Waals surface area (Å²) in [5, 5.41) is 2.63. The van der Waals surface area contributed by atoms with Crippen molar-refractivity contribution in [1.29, 1.82) is 0 Å². The van der Waals surface area contributed by atoms with Gasteiger partial charge in [-0.05, 0) is 51.6 Å². The molecule has 0 spiro atoms. The fourth-order valence-electron chi connectivity index (χ4n) is 3.03. The van der Waals surface area contributed by atoms with Crippen LogP contribution in [0.3, 0.4) is 0 Å². The molecule has 0 atom stereocenters. The van der Waals surface area contributed by atoms with Crippen LogP contribution in [0.4, 0.5) is 0 Å². The lowest BCUT2D eigenvalue weighted by Gasteiger charge is -2.10. The minimum Gasteiger partial charge on any atom is -0.0716 e. The first-order valence-electron chi connectivity index (χ1n) is 6.80. The number of allylic oxidation sites excluding steroid dienone is 1. The summed E-state index contributed by atoms with van der Waals surface area (Å²) in [6.45, 7) is 0. The van der Waals surface area contributed by atoms with Crippen molar-refractivity contribution in [1.82, 2.24) is 0 Å². The van der Waals surface area contributed by atoms with Crippen LogP contribution in [0.25, 0.3) is 16.3 Å². The van der Waals surface area contributed by atoms with Gasteiger partial charge in [0, 0.05) is 4.47 Å². The molecule has 0 saturated heterocycles. The summed E-state index contributed by atoms with van der Waals surface area (Å²) in [5.74, 6) is 0. The highest BCUT2D eigenvalue weighted by molar-refractivity contribution is 9.10. The molecule has 0 nitrogen and oxygen atoms in total. The van der Waals surface area contributed by atoms with Crippen molar-refractivity contribution >= 4 is 32.3 Å². The Morgan fingerprint density at radius 3 is 2.60 bits per heavy atom. The van der Waals surface area contributed by atoms with E-state index in [2.05, 4.69) is 82.7 Å². The van der Waals surface area contributed by atoms with Crippen LogP contribution < -0.4 is 0 Å². The zero-order chi connectivity index (χ0) is 13.5. The van der Waals surface area contributed by atoms with Gasteiger partial charge in [-0.25, -0.2) is 0 Å². The van der Waals surface area contributed by atoms with E-state index in [9.17, 15) is 0 Å². The van der Waals surface area contributed by atoms with Gasteiger partial charge in [0.25, 0.3) is 0 Å². The lowest BCUT2D eigenvalue weighted by molar-refractivity contribution is 1.30. The summed E-state index contributed by atoms with van der Waals surface area (Å²) in [6, 6.07) is 21.7. The van der Waals surface area contributed by atoms with Gasteiger partial charge in [0.1, 0.15) is 0 Å². The first kappa shape index (κ1) is 11.9. The predicted octanol–water partition coefficient (Wildman–Crippen LogP) is 5.59. The van der Waals surface area contributed by atoms with Gasteiger partial charge in [0.15, 0.2) is 0 Å². The van der Waals surface area contributed by atoms with E-state index < -0.39 is 0 Å². The van der Waals surface area contributed by atoms with Crippen molar-refractivity contribution in [2.45, 2.75) is 6.42 Å². The molecular weight excluding hydrogens is 308 g/mol. The molecule has 20 heavy (non-hydrogen) atoms. The highest BCUT2D eigenvalue weighted by Crippen LogP contribution is 2.37. The average Bonchev–Trinajstić information content (AvgIpc) is 2.89. The van der Waals surface area contributed by atoms with Crippen LogP contribution in [0.15, 0.2) is 71.2 Å². The van der Waals surface area contributed by atoms with Crippen LogP contribution in [0.2, 0.25) is 0 Å². The summed E-state index contributed by atoms with van der Waals surface area (Å²) in [4.78, 5) is 0. The maximum atomic E-state index is 3.56. The number of benzene rings is 3. The SMILES string of the molecule is Brc1ccc2c(c1)CC=C2c1cccc2ccccc12. The van der Waals surface area contributed by atoms with Crippen molar-refractivity contribution in [3.8, 4) is 0 Å². The van der Waals surface area contributed by atoms with E-state index in [1.807, 2.05) is 0 Å². The molecule has 0 aliphatic heterocycles. The third-order valence-electron chi connectivity index (χ3n) is 3.96. The Morgan fingerprint density at radius 2 is 1.65 bits per heavy atom. The molecule has 0 aromatic heterocycles. The molecule has 1 aliphatic carbocycles. The smallest absolute Gasteiger partial charge is 0.0178 e. The molecule has 4 rings (SSSR count). The van der Waals surface area contributed by atoms with E-state index in [0.717, 1.165) is 10.9 Å². The van der Waals surface area contributed by atoms with E-state index in [1.165, 1.54) is 33.0 Å². The lowest BCUT2D eigenvalue weighted by atomic mass is 9.94. The Kier molecular flexibility index (Phi) is 2.75. The second kappa shape index (κ2) is 4.60. The van der Waals surface area contributed by atoms with Gasteiger partial charge in [-0.15, -0.1) is 0 Å². The van der Waals surface area contributed by atoms with Gasteiger partial charge in [-0.1, -0.05) is 70.5 Å². The summed E-state index contributed by atoms with van der Waals surface area (Å²) in [6.07, 6.45) is 3.37. The van der Waals surface area contributed by atoms with Gasteiger partial charge < -0.3 is 0 Å². The monoisotopic (exact) mass is 320 g/mol. The van der Waals surface area contributed by atoms with Crippen LogP contribution in [0, 0.1) is 0 Å². The van der Waals surface area contributed by atoms with Crippen molar-refractivity contribution in [2.24, 2.45) is 0 Å². The third kappa shape index (κ3) is 1.82. The Morgan fingerprint density at radius 1 is 0.800 bits per heavy atom. The Bertz CT molecular complexity index is 838. The van der Waals surface area contributed by atoms with E-state index in [0.29, 0.717) is 0 Å². The Balaban J connectivity index is 1.95. The molecule has 96 valence electrons. The second-order valence-electron chi connectivity index (χ2n) is 5.15. The Labute approximate surface area is 126 Å².